The summed E-state index contributed by atoms with van der Waals surface area (Å²) in [5, 5.41) is 16.6. The van der Waals surface area contributed by atoms with Crippen LogP contribution >= 0.6 is 0 Å². The summed E-state index contributed by atoms with van der Waals surface area (Å²) in [5.41, 5.74) is -0.125. The van der Waals surface area contributed by atoms with Gasteiger partial charge in [-0.3, -0.25) is 4.98 Å². The minimum atomic E-state index is -1.70. The number of halogens is 2. The van der Waals surface area contributed by atoms with Crippen molar-refractivity contribution in [2.24, 2.45) is 0 Å². The van der Waals surface area contributed by atoms with Gasteiger partial charge in [-0.2, -0.15) is 5.10 Å². The van der Waals surface area contributed by atoms with Crippen molar-refractivity contribution < 1.29 is 13.9 Å². The molecule has 4 rings (SSSR count). The molecule has 0 saturated heterocycles. The maximum atomic E-state index is 14.7. The first-order chi connectivity index (χ1) is 13.5. The van der Waals surface area contributed by atoms with Gasteiger partial charge < -0.3 is 5.11 Å². The van der Waals surface area contributed by atoms with E-state index in [1.165, 1.54) is 23.4 Å². The Morgan fingerprint density at radius 3 is 2.71 bits per heavy atom. The van der Waals surface area contributed by atoms with Gasteiger partial charge in [-0.25, -0.2) is 18.4 Å². The highest BCUT2D eigenvalue weighted by molar-refractivity contribution is 5.82. The van der Waals surface area contributed by atoms with Crippen molar-refractivity contribution in [2.45, 2.75) is 25.0 Å². The molecule has 5 nitrogen and oxygen atoms in total. The van der Waals surface area contributed by atoms with E-state index < -0.39 is 23.2 Å². The van der Waals surface area contributed by atoms with E-state index in [0.29, 0.717) is 0 Å². The van der Waals surface area contributed by atoms with Gasteiger partial charge in [0.25, 0.3) is 0 Å². The van der Waals surface area contributed by atoms with Gasteiger partial charge in [-0.15, -0.1) is 0 Å². The second kappa shape index (κ2) is 7.09. The second-order valence-corrected chi connectivity index (χ2v) is 6.78. The Kier molecular flexibility index (Phi) is 4.60. The molecule has 4 aromatic rings. The molecule has 7 heteroatoms. The molecule has 28 heavy (non-hydrogen) atoms. The van der Waals surface area contributed by atoms with Crippen molar-refractivity contribution in [3.63, 3.8) is 0 Å². The monoisotopic (exact) mass is 380 g/mol. The van der Waals surface area contributed by atoms with Crippen LogP contribution in [0.4, 0.5) is 8.78 Å². The lowest BCUT2D eigenvalue weighted by atomic mass is 9.77. The Bertz CT molecular complexity index is 1110. The van der Waals surface area contributed by atoms with Gasteiger partial charge in [-0.1, -0.05) is 31.2 Å². The second-order valence-electron chi connectivity index (χ2n) is 6.78. The smallest absolute Gasteiger partial charge is 0.137 e. The number of aromatic nitrogens is 4. The summed E-state index contributed by atoms with van der Waals surface area (Å²) in [5.74, 6) is -2.07. The average molecular weight is 380 g/mol. The number of pyridine rings is 1. The molecule has 2 aromatic carbocycles. The van der Waals surface area contributed by atoms with Gasteiger partial charge in [0, 0.05) is 29.1 Å². The molecule has 0 fully saturated rings. The molecule has 0 amide bonds. The molecule has 0 radical (unpaired) electrons. The molecule has 0 aliphatic rings. The summed E-state index contributed by atoms with van der Waals surface area (Å²) in [4.78, 5) is 8.25. The molecule has 2 heterocycles. The zero-order valence-electron chi connectivity index (χ0n) is 15.1. The van der Waals surface area contributed by atoms with Gasteiger partial charge >= 0.3 is 0 Å². The first kappa shape index (κ1) is 18.2. The van der Waals surface area contributed by atoms with E-state index in [2.05, 4.69) is 15.1 Å². The molecule has 0 bridgehead atoms. The predicted molar refractivity (Wildman–Crippen MR) is 100 cm³/mol. The van der Waals surface area contributed by atoms with Crippen LogP contribution in [-0.2, 0) is 12.1 Å². The third-order valence-electron chi connectivity index (χ3n) is 5.13. The van der Waals surface area contributed by atoms with Crippen molar-refractivity contribution in [2.75, 3.05) is 0 Å². The lowest BCUT2D eigenvalue weighted by molar-refractivity contribution is -0.0108. The van der Waals surface area contributed by atoms with E-state index in [0.717, 1.165) is 28.6 Å². The van der Waals surface area contributed by atoms with Crippen LogP contribution in [0, 0.1) is 11.6 Å². The number of aliphatic hydroxyl groups is 1. The summed E-state index contributed by atoms with van der Waals surface area (Å²) in [6, 6.07) is 12.6. The van der Waals surface area contributed by atoms with Gasteiger partial charge in [0.15, 0.2) is 0 Å². The standard InChI is InChI=1S/C21H18F2N4O/c1-14(16-8-9-25-20-5-3-2-4-17(16)20)21(28,11-27-13-24-12-26-27)18-7-6-15(22)10-19(18)23/h2-10,12-14,28H,11H2,1H3. The number of hydrogen-bond acceptors (Lipinski definition) is 4. The maximum Gasteiger partial charge on any atom is 0.137 e. The lowest BCUT2D eigenvalue weighted by Gasteiger charge is -2.35. The van der Waals surface area contributed by atoms with Crippen LogP contribution in [0.25, 0.3) is 10.9 Å². The number of para-hydroxylation sites is 1. The fraction of sp³-hybridized carbons (Fsp3) is 0.190. The van der Waals surface area contributed by atoms with Crippen molar-refractivity contribution in [1.82, 2.24) is 19.7 Å². The Morgan fingerprint density at radius 1 is 1.14 bits per heavy atom. The Hall–Kier alpha value is -3.19. The summed E-state index contributed by atoms with van der Waals surface area (Å²) >= 11 is 0. The minimum absolute atomic E-state index is 0.00204. The Labute approximate surface area is 160 Å². The molecule has 0 aliphatic heterocycles. The summed E-state index contributed by atoms with van der Waals surface area (Å²) in [6.07, 6.45) is 4.45. The third-order valence-corrected chi connectivity index (χ3v) is 5.13. The van der Waals surface area contributed by atoms with Crippen molar-refractivity contribution >= 4 is 10.9 Å². The van der Waals surface area contributed by atoms with E-state index in [4.69, 9.17) is 0 Å². The lowest BCUT2D eigenvalue weighted by Crippen LogP contribution is -2.38. The van der Waals surface area contributed by atoms with Crippen LogP contribution in [0.1, 0.15) is 24.0 Å². The SMILES string of the molecule is CC(c1ccnc2ccccc12)C(O)(Cn1cncn1)c1ccc(F)cc1F. The molecule has 1 N–H and O–H groups in total. The topological polar surface area (TPSA) is 63.8 Å². The summed E-state index contributed by atoms with van der Waals surface area (Å²) in [6.45, 7) is 1.76. The van der Waals surface area contributed by atoms with E-state index in [9.17, 15) is 13.9 Å². The quantitative estimate of drug-likeness (QED) is 0.572. The molecule has 2 unspecified atom stereocenters. The molecular weight excluding hydrogens is 362 g/mol. The highest BCUT2D eigenvalue weighted by atomic mass is 19.1. The fourth-order valence-electron chi connectivity index (χ4n) is 3.61. The van der Waals surface area contributed by atoms with Crippen LogP contribution in [0.15, 0.2) is 67.4 Å². The van der Waals surface area contributed by atoms with Crippen LogP contribution in [-0.4, -0.2) is 24.9 Å². The van der Waals surface area contributed by atoms with Crippen LogP contribution in [0.5, 0.6) is 0 Å². The van der Waals surface area contributed by atoms with Gasteiger partial charge in [-0.05, 0) is 23.8 Å². The van der Waals surface area contributed by atoms with Gasteiger partial charge in [0.05, 0.1) is 12.1 Å². The van der Waals surface area contributed by atoms with Crippen LogP contribution in [0.2, 0.25) is 0 Å². The highest BCUT2D eigenvalue weighted by Crippen LogP contribution is 2.41. The number of fused-ring (bicyclic) bond motifs is 1. The number of benzene rings is 2. The van der Waals surface area contributed by atoms with Crippen LogP contribution < -0.4 is 0 Å². The average Bonchev–Trinajstić information content (AvgIpc) is 3.19. The van der Waals surface area contributed by atoms with E-state index in [1.54, 1.807) is 12.3 Å². The number of rotatable bonds is 5. The zero-order chi connectivity index (χ0) is 19.7. The summed E-state index contributed by atoms with van der Waals surface area (Å²) in [7, 11) is 0. The van der Waals surface area contributed by atoms with E-state index in [-0.39, 0.29) is 12.1 Å². The number of hydrogen-bond donors (Lipinski definition) is 1. The third kappa shape index (κ3) is 3.14. The molecule has 0 saturated carbocycles. The van der Waals surface area contributed by atoms with Crippen LogP contribution in [0.3, 0.4) is 0 Å². The number of nitrogens with zero attached hydrogens (tertiary/aromatic N) is 4. The summed E-state index contributed by atoms with van der Waals surface area (Å²) < 4.78 is 29.6. The highest BCUT2D eigenvalue weighted by Gasteiger charge is 2.40. The maximum absolute atomic E-state index is 14.7. The predicted octanol–water partition coefficient (Wildman–Crippen LogP) is 3.80. The minimum Gasteiger partial charge on any atom is -0.382 e. The largest absolute Gasteiger partial charge is 0.382 e. The van der Waals surface area contributed by atoms with E-state index in [1.807, 2.05) is 31.2 Å². The molecular formula is C21H18F2N4O. The van der Waals surface area contributed by atoms with Gasteiger partial charge in [0.1, 0.15) is 29.9 Å². The van der Waals surface area contributed by atoms with Gasteiger partial charge in [0.2, 0.25) is 0 Å². The molecule has 2 atom stereocenters. The zero-order valence-corrected chi connectivity index (χ0v) is 15.1. The Morgan fingerprint density at radius 2 is 1.96 bits per heavy atom. The first-order valence-corrected chi connectivity index (χ1v) is 8.83. The molecule has 0 spiro atoms. The molecule has 2 aromatic heterocycles. The van der Waals surface area contributed by atoms with Crippen molar-refractivity contribution in [3.8, 4) is 0 Å². The molecule has 0 aliphatic carbocycles. The Balaban J connectivity index is 1.89. The molecule has 142 valence electrons. The first-order valence-electron chi connectivity index (χ1n) is 8.83. The van der Waals surface area contributed by atoms with E-state index >= 15 is 0 Å². The van der Waals surface area contributed by atoms with Crippen molar-refractivity contribution in [3.05, 3.63) is 90.1 Å². The normalized spacial score (nSPS) is 14.7. The fourth-order valence-corrected chi connectivity index (χ4v) is 3.61. The van der Waals surface area contributed by atoms with Crippen molar-refractivity contribution in [1.29, 1.82) is 0 Å².